The van der Waals surface area contributed by atoms with E-state index in [0.29, 0.717) is 24.3 Å². The quantitative estimate of drug-likeness (QED) is 0.640. The molecule has 0 atom stereocenters. The molecule has 0 aliphatic rings. The normalized spacial score (nSPS) is 11.4. The van der Waals surface area contributed by atoms with Gasteiger partial charge in [0.15, 0.2) is 0 Å². The molecule has 1 heterocycles. The Labute approximate surface area is 171 Å². The lowest BCUT2D eigenvalue weighted by Gasteiger charge is -2.14. The van der Waals surface area contributed by atoms with Crippen LogP contribution in [0.4, 0.5) is 5.82 Å². The first-order valence-electron chi connectivity index (χ1n) is 9.23. The van der Waals surface area contributed by atoms with Gasteiger partial charge in [-0.1, -0.05) is 36.4 Å². The van der Waals surface area contributed by atoms with Crippen LogP contribution >= 0.6 is 0 Å². The van der Waals surface area contributed by atoms with Crippen molar-refractivity contribution in [3.63, 3.8) is 0 Å². The molecule has 0 aliphatic carbocycles. The lowest BCUT2D eigenvalue weighted by molar-refractivity contribution is 0.102. The molecule has 0 saturated heterocycles. The van der Waals surface area contributed by atoms with Gasteiger partial charge in [-0.25, -0.2) is 8.42 Å². The number of sulfone groups is 1. The summed E-state index contributed by atoms with van der Waals surface area (Å²) in [6, 6.07) is 16.9. The first kappa shape index (κ1) is 20.8. The summed E-state index contributed by atoms with van der Waals surface area (Å²) in [5.41, 5.74) is 1.82. The van der Waals surface area contributed by atoms with E-state index in [0.717, 1.165) is 5.69 Å². The van der Waals surface area contributed by atoms with Crippen molar-refractivity contribution in [2.45, 2.75) is 30.2 Å². The zero-order valence-corrected chi connectivity index (χ0v) is 17.5. The van der Waals surface area contributed by atoms with Crippen LogP contribution in [-0.4, -0.2) is 32.6 Å². The van der Waals surface area contributed by atoms with Crippen LogP contribution in [0.1, 0.15) is 21.6 Å². The Bertz CT molecular complexity index is 1100. The molecule has 1 aromatic heterocycles. The average molecular weight is 413 g/mol. The Kier molecular flexibility index (Phi) is 6.20. The van der Waals surface area contributed by atoms with Crippen LogP contribution in [0, 0.1) is 13.8 Å². The highest BCUT2D eigenvalue weighted by Gasteiger charge is 2.30. The van der Waals surface area contributed by atoms with E-state index in [2.05, 4.69) is 5.32 Å². The van der Waals surface area contributed by atoms with Crippen molar-refractivity contribution >= 4 is 21.6 Å². The molecule has 7 heteroatoms. The molecular formula is C22H24N2O4S. The van der Waals surface area contributed by atoms with Crippen LogP contribution in [0.5, 0.6) is 0 Å². The van der Waals surface area contributed by atoms with Crippen LogP contribution in [0.3, 0.4) is 0 Å². The fourth-order valence-corrected chi connectivity index (χ4v) is 4.95. The standard InChI is InChI=1S/C22H24N2O4S/c1-16-17(2)24(14-15-28-3)21(23-22(25)18-10-6-4-7-11-18)20(16)29(26,27)19-12-8-5-9-13-19/h4-13H,14-15H2,1-3H3,(H,23,25). The third-order valence-electron chi connectivity index (χ3n) is 4.88. The fraction of sp³-hybridized carbons (Fsp3) is 0.227. The number of nitrogens with zero attached hydrogens (tertiary/aromatic N) is 1. The largest absolute Gasteiger partial charge is 0.383 e. The lowest BCUT2D eigenvalue weighted by atomic mass is 10.2. The number of aromatic nitrogens is 1. The molecule has 152 valence electrons. The maximum atomic E-state index is 13.4. The maximum absolute atomic E-state index is 13.4. The zero-order chi connectivity index (χ0) is 21.0. The highest BCUT2D eigenvalue weighted by molar-refractivity contribution is 7.91. The van der Waals surface area contributed by atoms with Gasteiger partial charge in [0.25, 0.3) is 5.91 Å². The highest BCUT2D eigenvalue weighted by atomic mass is 32.2. The number of carbonyl (C=O) groups is 1. The molecule has 29 heavy (non-hydrogen) atoms. The van der Waals surface area contributed by atoms with Gasteiger partial charge in [0.1, 0.15) is 10.7 Å². The van der Waals surface area contributed by atoms with E-state index in [4.69, 9.17) is 4.74 Å². The first-order chi connectivity index (χ1) is 13.9. The molecule has 3 rings (SSSR count). The number of amides is 1. The fourth-order valence-electron chi connectivity index (χ4n) is 3.24. The molecule has 3 aromatic rings. The van der Waals surface area contributed by atoms with E-state index in [-0.39, 0.29) is 21.5 Å². The molecule has 1 N–H and O–H groups in total. The van der Waals surface area contributed by atoms with Gasteiger partial charge in [-0.05, 0) is 43.7 Å². The second-order valence-corrected chi connectivity index (χ2v) is 8.56. The summed E-state index contributed by atoms with van der Waals surface area (Å²) in [7, 11) is -2.25. The number of carbonyl (C=O) groups excluding carboxylic acids is 1. The smallest absolute Gasteiger partial charge is 0.256 e. The minimum Gasteiger partial charge on any atom is -0.383 e. The summed E-state index contributed by atoms with van der Waals surface area (Å²) in [5, 5.41) is 2.83. The van der Waals surface area contributed by atoms with Gasteiger partial charge >= 0.3 is 0 Å². The number of ether oxygens (including phenoxy) is 1. The molecule has 0 aliphatic heterocycles. The number of hydrogen-bond donors (Lipinski definition) is 1. The lowest BCUT2D eigenvalue weighted by Crippen LogP contribution is -2.19. The predicted octanol–water partition coefficient (Wildman–Crippen LogP) is 3.84. The Morgan fingerprint density at radius 2 is 1.59 bits per heavy atom. The van der Waals surface area contributed by atoms with E-state index >= 15 is 0 Å². The summed E-state index contributed by atoms with van der Waals surface area (Å²) >= 11 is 0. The Hall–Kier alpha value is -2.90. The molecular weight excluding hydrogens is 388 g/mol. The molecule has 6 nitrogen and oxygen atoms in total. The van der Waals surface area contributed by atoms with Gasteiger partial charge in [0.2, 0.25) is 9.84 Å². The van der Waals surface area contributed by atoms with Crippen LogP contribution in [0.2, 0.25) is 0 Å². The van der Waals surface area contributed by atoms with Gasteiger partial charge in [0.05, 0.1) is 11.5 Å². The SMILES string of the molecule is COCCn1c(C)c(C)c(S(=O)(=O)c2ccccc2)c1NC(=O)c1ccccc1. The molecule has 0 saturated carbocycles. The summed E-state index contributed by atoms with van der Waals surface area (Å²) in [6.07, 6.45) is 0. The number of benzene rings is 2. The molecule has 0 fully saturated rings. The van der Waals surface area contributed by atoms with Gasteiger partial charge in [-0.2, -0.15) is 0 Å². The van der Waals surface area contributed by atoms with E-state index < -0.39 is 9.84 Å². The monoisotopic (exact) mass is 412 g/mol. The topological polar surface area (TPSA) is 77.4 Å². The van der Waals surface area contributed by atoms with Crippen molar-refractivity contribution in [1.29, 1.82) is 0 Å². The molecule has 0 radical (unpaired) electrons. The summed E-state index contributed by atoms with van der Waals surface area (Å²) in [4.78, 5) is 13.1. The minimum atomic E-state index is -3.83. The first-order valence-corrected chi connectivity index (χ1v) is 10.7. The van der Waals surface area contributed by atoms with Gasteiger partial charge in [0, 0.05) is 24.9 Å². The second kappa shape index (κ2) is 8.63. The molecule has 0 spiro atoms. The summed E-state index contributed by atoms with van der Waals surface area (Å²) in [5.74, 6) is -0.110. The van der Waals surface area contributed by atoms with Crippen LogP contribution in [0.15, 0.2) is 70.5 Å². The van der Waals surface area contributed by atoms with Crippen LogP contribution in [-0.2, 0) is 21.1 Å². The molecule has 1 amide bonds. The second-order valence-electron chi connectivity index (χ2n) is 6.67. The Morgan fingerprint density at radius 3 is 2.17 bits per heavy atom. The third-order valence-corrected chi connectivity index (χ3v) is 6.81. The number of anilines is 1. The average Bonchev–Trinajstić information content (AvgIpc) is 2.97. The number of methoxy groups -OCH3 is 1. The Morgan fingerprint density at radius 1 is 1.00 bits per heavy atom. The van der Waals surface area contributed by atoms with Gasteiger partial charge in [-0.15, -0.1) is 0 Å². The number of hydrogen-bond acceptors (Lipinski definition) is 4. The van der Waals surface area contributed by atoms with E-state index in [1.165, 1.54) is 0 Å². The van der Waals surface area contributed by atoms with Crippen molar-refractivity contribution < 1.29 is 17.9 Å². The number of rotatable bonds is 7. The van der Waals surface area contributed by atoms with E-state index in [1.54, 1.807) is 73.2 Å². The molecule has 0 bridgehead atoms. The van der Waals surface area contributed by atoms with Crippen molar-refractivity contribution in [1.82, 2.24) is 4.57 Å². The predicted molar refractivity (Wildman–Crippen MR) is 112 cm³/mol. The maximum Gasteiger partial charge on any atom is 0.256 e. The third kappa shape index (κ3) is 4.11. The van der Waals surface area contributed by atoms with Crippen LogP contribution in [0.25, 0.3) is 0 Å². The van der Waals surface area contributed by atoms with Crippen molar-refractivity contribution in [3.05, 3.63) is 77.5 Å². The minimum absolute atomic E-state index is 0.113. The zero-order valence-electron chi connectivity index (χ0n) is 16.7. The van der Waals surface area contributed by atoms with Crippen molar-refractivity contribution in [2.75, 3.05) is 19.0 Å². The summed E-state index contributed by atoms with van der Waals surface area (Å²) < 4.78 is 33.8. The van der Waals surface area contributed by atoms with Gasteiger partial charge < -0.3 is 14.6 Å². The number of nitrogens with one attached hydrogen (secondary N) is 1. The van der Waals surface area contributed by atoms with E-state index in [9.17, 15) is 13.2 Å². The van der Waals surface area contributed by atoms with Gasteiger partial charge in [-0.3, -0.25) is 4.79 Å². The Balaban J connectivity index is 2.16. The van der Waals surface area contributed by atoms with Crippen molar-refractivity contribution in [3.8, 4) is 0 Å². The van der Waals surface area contributed by atoms with E-state index in [1.807, 2.05) is 13.0 Å². The highest BCUT2D eigenvalue weighted by Crippen LogP contribution is 2.35. The molecule has 2 aromatic carbocycles. The van der Waals surface area contributed by atoms with Crippen molar-refractivity contribution in [2.24, 2.45) is 0 Å². The molecule has 0 unspecified atom stereocenters. The van der Waals surface area contributed by atoms with Crippen LogP contribution < -0.4 is 5.32 Å². The summed E-state index contributed by atoms with van der Waals surface area (Å²) in [6.45, 7) is 4.39.